The van der Waals surface area contributed by atoms with Gasteiger partial charge in [0.05, 0.1) is 22.8 Å². The van der Waals surface area contributed by atoms with E-state index in [4.69, 9.17) is 16.3 Å². The fourth-order valence-corrected chi connectivity index (χ4v) is 5.27. The summed E-state index contributed by atoms with van der Waals surface area (Å²) >= 11 is 6.26. The Morgan fingerprint density at radius 3 is 2.60 bits per heavy atom. The van der Waals surface area contributed by atoms with E-state index in [2.05, 4.69) is 0 Å². The number of quaternary nitrogens is 1. The largest absolute Gasteiger partial charge is 0.619 e. The number of nitriles is 1. The maximum Gasteiger partial charge on any atom is 0.417 e. The minimum Gasteiger partial charge on any atom is -0.619 e. The van der Waals surface area contributed by atoms with Crippen LogP contribution in [0.25, 0.3) is 5.57 Å². The Labute approximate surface area is 236 Å². The van der Waals surface area contributed by atoms with E-state index >= 15 is 0 Å². The van der Waals surface area contributed by atoms with Crippen molar-refractivity contribution in [2.45, 2.75) is 38.9 Å². The molecule has 2 heterocycles. The molecule has 7 nitrogen and oxygen atoms in total. The lowest BCUT2D eigenvalue weighted by molar-refractivity contribution is -0.137. The summed E-state index contributed by atoms with van der Waals surface area (Å²) in [5.41, 5.74) is -0.525. The van der Waals surface area contributed by atoms with E-state index in [1.54, 1.807) is 44.0 Å². The zero-order valence-electron chi connectivity index (χ0n) is 22.7. The van der Waals surface area contributed by atoms with Crippen molar-refractivity contribution in [3.63, 3.8) is 0 Å². The van der Waals surface area contributed by atoms with Crippen LogP contribution in [0.4, 0.5) is 18.9 Å². The molecule has 11 heteroatoms. The highest BCUT2D eigenvalue weighted by atomic mass is 35.5. The van der Waals surface area contributed by atoms with Crippen LogP contribution in [0.15, 0.2) is 48.7 Å². The number of benzene rings is 2. The minimum atomic E-state index is -4.56. The van der Waals surface area contributed by atoms with Crippen molar-refractivity contribution >= 4 is 28.8 Å². The van der Waals surface area contributed by atoms with E-state index in [9.17, 15) is 28.4 Å². The molecule has 1 fully saturated rings. The van der Waals surface area contributed by atoms with Gasteiger partial charge in [-0.2, -0.15) is 18.4 Å². The summed E-state index contributed by atoms with van der Waals surface area (Å²) in [6.45, 7) is 5.67. The summed E-state index contributed by atoms with van der Waals surface area (Å²) in [5, 5.41) is 23.2. The van der Waals surface area contributed by atoms with Crippen LogP contribution < -0.4 is 9.38 Å². The summed E-state index contributed by atoms with van der Waals surface area (Å²) in [7, 11) is 1.84. The Bertz CT molecular complexity index is 1430. The van der Waals surface area contributed by atoms with Crippen molar-refractivity contribution in [2.75, 3.05) is 33.4 Å². The SMILES string of the molecule is Cc1c([N+]2([O-])CN(CCCOc3ccc(C4=CCN(C)C=C4)c(C(F)(F)F)c3)C(C)(C)C2=O)ccc(C#N)c1Cl. The fourth-order valence-electron chi connectivity index (χ4n) is 5.07. The van der Waals surface area contributed by atoms with Gasteiger partial charge < -0.3 is 14.8 Å². The van der Waals surface area contributed by atoms with Crippen molar-refractivity contribution in [1.82, 2.24) is 14.4 Å². The Morgan fingerprint density at radius 2 is 1.98 bits per heavy atom. The Kier molecular flexibility index (Phi) is 8.07. The number of allylic oxidation sites excluding steroid dienone is 2. The quantitative estimate of drug-likeness (QED) is 0.221. The topological polar surface area (TPSA) is 79.6 Å². The van der Waals surface area contributed by atoms with Gasteiger partial charge in [-0.15, -0.1) is 0 Å². The predicted molar refractivity (Wildman–Crippen MR) is 148 cm³/mol. The number of ether oxygens (including phenoxy) is 1. The number of likely N-dealkylation sites (N-methyl/N-ethyl adjacent to an activating group) is 1. The molecule has 1 unspecified atom stereocenters. The van der Waals surface area contributed by atoms with Crippen LogP contribution in [0.1, 0.15) is 42.5 Å². The highest BCUT2D eigenvalue weighted by Gasteiger charge is 2.55. The van der Waals surface area contributed by atoms with Gasteiger partial charge in [0, 0.05) is 31.8 Å². The van der Waals surface area contributed by atoms with Crippen LogP contribution in [0, 0.1) is 23.5 Å². The molecule has 2 aromatic rings. The number of alkyl halides is 3. The molecule has 0 radical (unpaired) electrons. The second kappa shape index (κ2) is 10.9. The molecule has 0 spiro atoms. The first kappa shape index (κ1) is 29.6. The van der Waals surface area contributed by atoms with Crippen molar-refractivity contribution in [3.8, 4) is 11.8 Å². The van der Waals surface area contributed by atoms with Crippen LogP contribution in [0.3, 0.4) is 0 Å². The monoisotopic (exact) mass is 574 g/mol. The summed E-state index contributed by atoms with van der Waals surface area (Å²) in [6, 6.07) is 8.79. The molecule has 4 rings (SSSR count). The molecular formula is C29H30ClF3N4O3. The van der Waals surface area contributed by atoms with E-state index in [0.717, 1.165) is 6.07 Å². The molecule has 0 N–H and O–H groups in total. The van der Waals surface area contributed by atoms with E-state index in [1.807, 2.05) is 18.0 Å². The predicted octanol–water partition coefficient (Wildman–Crippen LogP) is 6.23. The highest BCUT2D eigenvalue weighted by molar-refractivity contribution is 6.33. The van der Waals surface area contributed by atoms with Crippen molar-refractivity contribution in [1.29, 1.82) is 5.26 Å². The first-order valence-electron chi connectivity index (χ1n) is 12.7. The lowest BCUT2D eigenvalue weighted by Gasteiger charge is -2.36. The van der Waals surface area contributed by atoms with Gasteiger partial charge in [-0.25, -0.2) is 9.69 Å². The van der Waals surface area contributed by atoms with Gasteiger partial charge in [0.25, 0.3) is 0 Å². The molecule has 40 heavy (non-hydrogen) atoms. The second-order valence-electron chi connectivity index (χ2n) is 10.5. The number of hydrogen-bond donors (Lipinski definition) is 0. The van der Waals surface area contributed by atoms with Gasteiger partial charge >= 0.3 is 12.1 Å². The minimum absolute atomic E-state index is 0.0853. The fraction of sp³-hybridized carbons (Fsp3) is 0.379. The molecule has 0 aromatic heterocycles. The highest BCUT2D eigenvalue weighted by Crippen LogP contribution is 2.41. The molecule has 0 saturated carbocycles. The van der Waals surface area contributed by atoms with Gasteiger partial charge in [-0.1, -0.05) is 23.7 Å². The van der Waals surface area contributed by atoms with Crippen LogP contribution >= 0.6 is 11.6 Å². The maximum absolute atomic E-state index is 13.9. The number of rotatable bonds is 7. The number of halogens is 4. The number of amides is 1. The molecule has 1 amide bonds. The number of hydroxylamine groups is 2. The lowest BCUT2D eigenvalue weighted by atomic mass is 9.97. The molecule has 2 aromatic carbocycles. The number of nitrogens with zero attached hydrogens (tertiary/aromatic N) is 4. The van der Waals surface area contributed by atoms with Crippen LogP contribution in [-0.2, 0) is 11.0 Å². The van der Waals surface area contributed by atoms with Crippen LogP contribution in [-0.4, -0.2) is 54.7 Å². The molecular weight excluding hydrogens is 545 g/mol. The Morgan fingerprint density at radius 1 is 1.25 bits per heavy atom. The Balaban J connectivity index is 1.45. The van der Waals surface area contributed by atoms with Gasteiger partial charge in [0.15, 0.2) is 0 Å². The lowest BCUT2D eigenvalue weighted by Crippen LogP contribution is -2.49. The third-order valence-electron chi connectivity index (χ3n) is 7.44. The average molecular weight is 575 g/mol. The van der Waals surface area contributed by atoms with E-state index in [0.29, 0.717) is 30.6 Å². The zero-order chi connectivity index (χ0) is 29.5. The van der Waals surface area contributed by atoms with E-state index < -0.39 is 27.8 Å². The van der Waals surface area contributed by atoms with Crippen molar-refractivity contribution in [2.24, 2.45) is 0 Å². The summed E-state index contributed by atoms with van der Waals surface area (Å²) in [5.74, 6) is -0.484. The standard InChI is InChI=1S/C29H30ClF3N4O3/c1-19-25(9-6-21(17-34)26(19)30)37(39)18-36(28(2,3)27(37)38)12-5-15-40-22-7-8-23(24(16-22)29(31,32)33)20-10-13-35(4)14-11-20/h6-11,13,16H,5,12,14-15,18H2,1-4H3. The number of carbonyl (C=O) groups excluding carboxylic acids is 1. The van der Waals surface area contributed by atoms with Crippen molar-refractivity contribution in [3.05, 3.63) is 81.2 Å². The maximum atomic E-state index is 13.9. The molecule has 0 aliphatic carbocycles. The number of carbonyl (C=O) groups is 1. The van der Waals surface area contributed by atoms with Gasteiger partial charge in [-0.05, 0) is 68.8 Å². The third kappa shape index (κ3) is 5.47. The molecule has 2 aliphatic heterocycles. The summed E-state index contributed by atoms with van der Waals surface area (Å²) < 4.78 is 46.0. The first-order valence-corrected chi connectivity index (χ1v) is 13.1. The third-order valence-corrected chi connectivity index (χ3v) is 7.92. The normalized spacial score (nSPS) is 20.9. The Hall–Kier alpha value is -3.36. The second-order valence-corrected chi connectivity index (χ2v) is 10.9. The van der Waals surface area contributed by atoms with Gasteiger partial charge in [0.2, 0.25) is 0 Å². The smallest absolute Gasteiger partial charge is 0.417 e. The van der Waals surface area contributed by atoms with E-state index in [-0.39, 0.29) is 40.9 Å². The molecule has 1 saturated heterocycles. The average Bonchev–Trinajstić information content (AvgIpc) is 3.08. The van der Waals surface area contributed by atoms with Crippen molar-refractivity contribution < 1.29 is 22.7 Å². The molecule has 212 valence electrons. The zero-order valence-corrected chi connectivity index (χ0v) is 23.4. The van der Waals surface area contributed by atoms with Crippen LogP contribution in [0.5, 0.6) is 5.75 Å². The molecule has 2 aliphatic rings. The van der Waals surface area contributed by atoms with E-state index in [1.165, 1.54) is 24.3 Å². The first-order chi connectivity index (χ1) is 18.7. The summed E-state index contributed by atoms with van der Waals surface area (Å²) in [6.07, 6.45) is 0.931. The molecule has 1 atom stereocenters. The van der Waals surface area contributed by atoms with Crippen LogP contribution in [0.2, 0.25) is 5.02 Å². The number of hydrogen-bond acceptors (Lipinski definition) is 6. The summed E-state index contributed by atoms with van der Waals surface area (Å²) in [4.78, 5) is 16.9. The van der Waals surface area contributed by atoms with Gasteiger partial charge in [-0.3, -0.25) is 4.65 Å². The van der Waals surface area contributed by atoms with Gasteiger partial charge in [0.1, 0.15) is 29.7 Å². The molecule has 0 bridgehead atoms.